The van der Waals surface area contributed by atoms with Crippen molar-refractivity contribution in [2.45, 2.75) is 38.3 Å². The lowest BCUT2D eigenvalue weighted by atomic mass is 10.0. The fourth-order valence-electron chi connectivity index (χ4n) is 2.72. The normalized spacial score (nSPS) is 13.1. The molecule has 0 spiro atoms. The number of carbonyl (C=O) groups is 2. The van der Waals surface area contributed by atoms with Crippen LogP contribution in [0.5, 0.6) is 0 Å². The minimum atomic E-state index is -0.772. The number of hydrogen-bond donors (Lipinski definition) is 1. The van der Waals surface area contributed by atoms with Crippen LogP contribution in [0.3, 0.4) is 0 Å². The van der Waals surface area contributed by atoms with Crippen molar-refractivity contribution < 1.29 is 19.1 Å². The zero-order valence-corrected chi connectivity index (χ0v) is 15.1. The average molecular weight is 357 g/mol. The van der Waals surface area contributed by atoms with Crippen LogP contribution in [0.15, 0.2) is 54.6 Å². The molecule has 138 valence electrons. The van der Waals surface area contributed by atoms with Crippen molar-refractivity contribution in [3.05, 3.63) is 71.5 Å². The number of rotatable bonds is 8. The van der Waals surface area contributed by atoms with Gasteiger partial charge in [-0.25, -0.2) is 4.39 Å². The van der Waals surface area contributed by atoms with Gasteiger partial charge in [0.1, 0.15) is 5.82 Å². The lowest BCUT2D eigenvalue weighted by Crippen LogP contribution is -2.39. The first kappa shape index (κ1) is 19.8. The number of aliphatic hydroxyl groups excluding tert-OH is 1. The first-order valence-electron chi connectivity index (χ1n) is 8.67. The molecule has 2 aromatic carbocycles. The number of nitrogens with zero attached hydrogens (tertiary/aromatic N) is 1. The maximum absolute atomic E-state index is 12.9. The van der Waals surface area contributed by atoms with E-state index in [1.54, 1.807) is 14.0 Å². The predicted molar refractivity (Wildman–Crippen MR) is 98.2 cm³/mol. The number of Topliss-reactive ketones (excluding diaryl/α,β-unsaturated/α-hetero) is 1. The van der Waals surface area contributed by atoms with Crippen LogP contribution in [-0.4, -0.2) is 34.8 Å². The SMILES string of the molecule is C[C@@H]([C@@H](O)c1ccccc1)N(C)C(=O)CCCC(=O)c1ccc(F)cc1. The van der Waals surface area contributed by atoms with Gasteiger partial charge in [-0.15, -0.1) is 0 Å². The van der Waals surface area contributed by atoms with Crippen LogP contribution in [0.25, 0.3) is 0 Å². The van der Waals surface area contributed by atoms with E-state index in [-0.39, 0.29) is 36.4 Å². The van der Waals surface area contributed by atoms with Gasteiger partial charge in [0.2, 0.25) is 5.91 Å². The number of amides is 1. The molecule has 4 nitrogen and oxygen atoms in total. The second kappa shape index (κ2) is 9.25. The van der Waals surface area contributed by atoms with Crippen molar-refractivity contribution in [1.29, 1.82) is 0 Å². The Morgan fingerprint density at radius 1 is 1.04 bits per heavy atom. The molecule has 2 rings (SSSR count). The number of benzene rings is 2. The molecular weight excluding hydrogens is 333 g/mol. The molecule has 1 amide bonds. The summed E-state index contributed by atoms with van der Waals surface area (Å²) in [5, 5.41) is 10.4. The molecule has 5 heteroatoms. The number of halogens is 1. The van der Waals surface area contributed by atoms with E-state index in [9.17, 15) is 19.1 Å². The Labute approximate surface area is 153 Å². The maximum atomic E-state index is 12.9. The topological polar surface area (TPSA) is 57.6 Å². The molecule has 0 bridgehead atoms. The first-order valence-corrected chi connectivity index (χ1v) is 8.67. The maximum Gasteiger partial charge on any atom is 0.222 e. The van der Waals surface area contributed by atoms with Gasteiger partial charge in [-0.2, -0.15) is 0 Å². The minimum Gasteiger partial charge on any atom is -0.386 e. The van der Waals surface area contributed by atoms with Crippen molar-refractivity contribution in [3.63, 3.8) is 0 Å². The van der Waals surface area contributed by atoms with Gasteiger partial charge in [-0.1, -0.05) is 30.3 Å². The molecule has 0 saturated heterocycles. The third-order valence-electron chi connectivity index (χ3n) is 4.56. The van der Waals surface area contributed by atoms with E-state index in [0.29, 0.717) is 12.0 Å². The largest absolute Gasteiger partial charge is 0.386 e. The second-order valence-electron chi connectivity index (χ2n) is 6.38. The molecule has 0 aliphatic rings. The molecule has 0 saturated carbocycles. The highest BCUT2D eigenvalue weighted by Crippen LogP contribution is 2.20. The van der Waals surface area contributed by atoms with Gasteiger partial charge in [-0.3, -0.25) is 9.59 Å². The molecule has 2 aromatic rings. The summed E-state index contributed by atoms with van der Waals surface area (Å²) < 4.78 is 12.9. The highest BCUT2D eigenvalue weighted by Gasteiger charge is 2.23. The van der Waals surface area contributed by atoms with Crippen LogP contribution in [0.2, 0.25) is 0 Å². The van der Waals surface area contributed by atoms with E-state index in [2.05, 4.69) is 0 Å². The summed E-state index contributed by atoms with van der Waals surface area (Å²) in [7, 11) is 1.65. The molecule has 0 aromatic heterocycles. The molecular formula is C21H24FNO3. The molecule has 1 N–H and O–H groups in total. The van der Waals surface area contributed by atoms with E-state index < -0.39 is 6.10 Å². The number of hydrogen-bond acceptors (Lipinski definition) is 3. The summed E-state index contributed by atoms with van der Waals surface area (Å²) in [5.74, 6) is -0.624. The predicted octanol–water partition coefficient (Wildman–Crippen LogP) is 3.76. The lowest BCUT2D eigenvalue weighted by Gasteiger charge is -2.29. The van der Waals surface area contributed by atoms with Gasteiger partial charge in [0.05, 0.1) is 12.1 Å². The number of carbonyl (C=O) groups excluding carboxylic acids is 2. The minimum absolute atomic E-state index is 0.113. The van der Waals surface area contributed by atoms with Crippen LogP contribution in [0.4, 0.5) is 4.39 Å². The van der Waals surface area contributed by atoms with Crippen LogP contribution in [-0.2, 0) is 4.79 Å². The molecule has 0 heterocycles. The summed E-state index contributed by atoms with van der Waals surface area (Å²) in [6.07, 6.45) is 0.0786. The fraction of sp³-hybridized carbons (Fsp3) is 0.333. The van der Waals surface area contributed by atoms with Gasteiger partial charge in [-0.05, 0) is 43.2 Å². The van der Waals surface area contributed by atoms with E-state index in [1.807, 2.05) is 30.3 Å². The summed E-state index contributed by atoms with van der Waals surface area (Å²) in [5.41, 5.74) is 1.20. The van der Waals surface area contributed by atoms with Crippen molar-refractivity contribution in [3.8, 4) is 0 Å². The highest BCUT2D eigenvalue weighted by atomic mass is 19.1. The van der Waals surface area contributed by atoms with Crippen LogP contribution < -0.4 is 0 Å². The molecule has 0 radical (unpaired) electrons. The average Bonchev–Trinajstić information content (AvgIpc) is 2.67. The van der Waals surface area contributed by atoms with E-state index >= 15 is 0 Å². The number of aliphatic hydroxyl groups is 1. The van der Waals surface area contributed by atoms with Crippen molar-refractivity contribution >= 4 is 11.7 Å². The lowest BCUT2D eigenvalue weighted by molar-refractivity contribution is -0.134. The number of likely N-dealkylation sites (N-methyl/N-ethyl adjacent to an activating group) is 1. The Hall–Kier alpha value is -2.53. The van der Waals surface area contributed by atoms with E-state index in [4.69, 9.17) is 0 Å². The van der Waals surface area contributed by atoms with Gasteiger partial charge in [0.15, 0.2) is 5.78 Å². The molecule has 0 aliphatic carbocycles. The molecule has 0 fully saturated rings. The van der Waals surface area contributed by atoms with Gasteiger partial charge in [0, 0.05) is 25.5 Å². The zero-order valence-electron chi connectivity index (χ0n) is 15.1. The Morgan fingerprint density at radius 2 is 1.65 bits per heavy atom. The Morgan fingerprint density at radius 3 is 2.27 bits per heavy atom. The molecule has 26 heavy (non-hydrogen) atoms. The van der Waals surface area contributed by atoms with Gasteiger partial charge in [0.25, 0.3) is 0 Å². The second-order valence-corrected chi connectivity index (χ2v) is 6.38. The summed E-state index contributed by atoms with van der Waals surface area (Å²) in [6.45, 7) is 1.79. The van der Waals surface area contributed by atoms with E-state index in [1.165, 1.54) is 29.2 Å². The van der Waals surface area contributed by atoms with Crippen molar-refractivity contribution in [1.82, 2.24) is 4.90 Å². The third kappa shape index (κ3) is 5.23. The Kier molecular flexibility index (Phi) is 7.04. The quantitative estimate of drug-likeness (QED) is 0.732. The fourth-order valence-corrected chi connectivity index (χ4v) is 2.72. The summed E-state index contributed by atoms with van der Waals surface area (Å²) in [6, 6.07) is 14.2. The summed E-state index contributed by atoms with van der Waals surface area (Å²) >= 11 is 0. The molecule has 0 unspecified atom stereocenters. The molecule has 2 atom stereocenters. The van der Waals surface area contributed by atoms with E-state index in [0.717, 1.165) is 5.56 Å². The smallest absolute Gasteiger partial charge is 0.222 e. The van der Waals surface area contributed by atoms with Crippen LogP contribution in [0, 0.1) is 5.82 Å². The highest BCUT2D eigenvalue weighted by molar-refractivity contribution is 5.96. The van der Waals surface area contributed by atoms with Crippen molar-refractivity contribution in [2.24, 2.45) is 0 Å². The third-order valence-corrected chi connectivity index (χ3v) is 4.56. The number of ketones is 1. The Balaban J connectivity index is 1.83. The van der Waals surface area contributed by atoms with Crippen LogP contribution in [0.1, 0.15) is 48.2 Å². The molecule has 0 aliphatic heterocycles. The summed E-state index contributed by atoms with van der Waals surface area (Å²) in [4.78, 5) is 25.9. The zero-order chi connectivity index (χ0) is 19.1. The van der Waals surface area contributed by atoms with Crippen molar-refractivity contribution in [2.75, 3.05) is 7.05 Å². The Bertz CT molecular complexity index is 731. The standard InChI is InChI=1S/C21H24FNO3/c1-15(21(26)17-7-4-3-5-8-17)23(2)20(25)10-6-9-19(24)16-11-13-18(22)14-12-16/h3-5,7-8,11-15,21,26H,6,9-10H2,1-2H3/t15-,21+/m0/s1. The van der Waals surface area contributed by atoms with Gasteiger partial charge >= 0.3 is 0 Å². The van der Waals surface area contributed by atoms with Gasteiger partial charge < -0.3 is 10.0 Å². The monoisotopic (exact) mass is 357 g/mol. The first-order chi connectivity index (χ1) is 12.4. The van der Waals surface area contributed by atoms with Crippen LogP contribution >= 0.6 is 0 Å².